The molecule has 0 amide bonds. The number of hydrogen-bond acceptors (Lipinski definition) is 1. The Hall–Kier alpha value is -1.89. The summed E-state index contributed by atoms with van der Waals surface area (Å²) in [6, 6.07) is 12.3. The zero-order valence-electron chi connectivity index (χ0n) is 8.43. The van der Waals surface area contributed by atoms with Crippen LogP contribution in [0, 0.1) is 6.92 Å². The number of nitrogens with zero attached hydrogens (tertiary/aromatic N) is 1. The van der Waals surface area contributed by atoms with Gasteiger partial charge in [-0.25, -0.2) is 0 Å². The van der Waals surface area contributed by atoms with E-state index >= 15 is 0 Å². The van der Waals surface area contributed by atoms with E-state index < -0.39 is 0 Å². The molecule has 1 heterocycles. The third kappa shape index (κ3) is 2.32. The maximum atomic E-state index is 4.11. The van der Waals surface area contributed by atoms with Gasteiger partial charge in [0.1, 0.15) is 0 Å². The SMILES string of the molecule is [CH2]/C=C/c1cccc(-c2cccnc2)c1. The minimum absolute atomic E-state index is 1.14. The normalized spacial score (nSPS) is 10.7. The van der Waals surface area contributed by atoms with Crippen LogP contribution in [0.5, 0.6) is 0 Å². The second-order valence-corrected chi connectivity index (χ2v) is 3.27. The highest BCUT2D eigenvalue weighted by molar-refractivity contribution is 5.66. The van der Waals surface area contributed by atoms with Gasteiger partial charge in [0, 0.05) is 18.0 Å². The topological polar surface area (TPSA) is 12.9 Å². The second kappa shape index (κ2) is 4.56. The minimum atomic E-state index is 1.14. The van der Waals surface area contributed by atoms with Gasteiger partial charge >= 0.3 is 0 Å². The maximum absolute atomic E-state index is 4.11. The van der Waals surface area contributed by atoms with Gasteiger partial charge in [0.15, 0.2) is 0 Å². The molecule has 0 aliphatic heterocycles. The van der Waals surface area contributed by atoms with Crippen LogP contribution < -0.4 is 0 Å². The Labute approximate surface area is 90.1 Å². The summed E-state index contributed by atoms with van der Waals surface area (Å²) in [6.45, 7) is 3.69. The molecule has 1 radical (unpaired) electrons. The van der Waals surface area contributed by atoms with E-state index in [9.17, 15) is 0 Å². The molecule has 15 heavy (non-hydrogen) atoms. The van der Waals surface area contributed by atoms with Gasteiger partial charge in [0.2, 0.25) is 0 Å². The van der Waals surface area contributed by atoms with Crippen LogP contribution in [0.1, 0.15) is 5.56 Å². The highest BCUT2D eigenvalue weighted by Gasteiger charge is 1.96. The third-order valence-electron chi connectivity index (χ3n) is 2.19. The Kier molecular flexibility index (Phi) is 2.93. The van der Waals surface area contributed by atoms with Crippen molar-refractivity contribution < 1.29 is 0 Å². The molecular formula is C14H12N. The Morgan fingerprint density at radius 2 is 1.93 bits per heavy atom. The largest absolute Gasteiger partial charge is 0.264 e. The van der Waals surface area contributed by atoms with Crippen LogP contribution in [0.15, 0.2) is 54.9 Å². The Morgan fingerprint density at radius 1 is 1.07 bits per heavy atom. The number of hydrogen-bond donors (Lipinski definition) is 0. The first kappa shape index (κ1) is 9.66. The molecule has 2 aromatic rings. The van der Waals surface area contributed by atoms with Gasteiger partial charge in [-0.2, -0.15) is 0 Å². The number of aromatic nitrogens is 1. The van der Waals surface area contributed by atoms with E-state index in [0.717, 1.165) is 11.1 Å². The summed E-state index contributed by atoms with van der Waals surface area (Å²) in [5.41, 5.74) is 3.47. The second-order valence-electron chi connectivity index (χ2n) is 3.27. The lowest BCUT2D eigenvalue weighted by molar-refractivity contribution is 1.33. The summed E-state index contributed by atoms with van der Waals surface area (Å²) in [7, 11) is 0. The van der Waals surface area contributed by atoms with Crippen molar-refractivity contribution in [1.82, 2.24) is 4.98 Å². The van der Waals surface area contributed by atoms with Gasteiger partial charge in [-0.1, -0.05) is 36.4 Å². The summed E-state index contributed by atoms with van der Waals surface area (Å²) in [6.07, 6.45) is 7.43. The average molecular weight is 194 g/mol. The van der Waals surface area contributed by atoms with E-state index in [2.05, 4.69) is 36.2 Å². The summed E-state index contributed by atoms with van der Waals surface area (Å²) in [5, 5.41) is 0. The molecule has 1 nitrogen and oxygen atoms in total. The number of rotatable bonds is 2. The van der Waals surface area contributed by atoms with Crippen LogP contribution in [0.2, 0.25) is 0 Å². The van der Waals surface area contributed by atoms with Gasteiger partial charge in [-0.3, -0.25) is 4.98 Å². The molecule has 0 saturated carbocycles. The lowest BCUT2D eigenvalue weighted by atomic mass is 10.0. The van der Waals surface area contributed by atoms with Crippen LogP contribution in [-0.2, 0) is 0 Å². The van der Waals surface area contributed by atoms with E-state index in [1.165, 1.54) is 5.56 Å². The fourth-order valence-electron chi connectivity index (χ4n) is 1.49. The van der Waals surface area contributed by atoms with Crippen molar-refractivity contribution in [1.29, 1.82) is 0 Å². The molecule has 0 saturated heterocycles. The Morgan fingerprint density at radius 3 is 2.67 bits per heavy atom. The fraction of sp³-hybridized carbons (Fsp3) is 0. The lowest BCUT2D eigenvalue weighted by Gasteiger charge is -2.01. The lowest BCUT2D eigenvalue weighted by Crippen LogP contribution is -1.80. The molecule has 0 unspecified atom stereocenters. The maximum Gasteiger partial charge on any atom is 0.0346 e. The van der Waals surface area contributed by atoms with Crippen LogP contribution in [0.3, 0.4) is 0 Å². The predicted molar refractivity (Wildman–Crippen MR) is 64.1 cm³/mol. The van der Waals surface area contributed by atoms with Crippen molar-refractivity contribution in [2.24, 2.45) is 0 Å². The van der Waals surface area contributed by atoms with E-state index in [1.54, 1.807) is 12.3 Å². The first-order valence-electron chi connectivity index (χ1n) is 4.86. The van der Waals surface area contributed by atoms with Crippen molar-refractivity contribution in [3.63, 3.8) is 0 Å². The molecule has 0 aliphatic rings. The standard InChI is InChI=1S/C14H12N/c1-2-5-12-6-3-7-13(10-12)14-8-4-9-15-11-14/h2-11H,1H2/b5-2+. The van der Waals surface area contributed by atoms with Crippen LogP contribution in [0.4, 0.5) is 0 Å². The number of benzene rings is 1. The predicted octanol–water partition coefficient (Wildman–Crippen LogP) is 3.60. The smallest absolute Gasteiger partial charge is 0.0346 e. The number of allylic oxidation sites excluding steroid dienone is 1. The molecule has 0 atom stereocenters. The third-order valence-corrected chi connectivity index (χ3v) is 2.19. The van der Waals surface area contributed by atoms with E-state index in [-0.39, 0.29) is 0 Å². The van der Waals surface area contributed by atoms with Gasteiger partial charge in [0.25, 0.3) is 0 Å². The van der Waals surface area contributed by atoms with Crippen molar-refractivity contribution in [3.05, 3.63) is 67.4 Å². The van der Waals surface area contributed by atoms with Crippen molar-refractivity contribution >= 4 is 6.08 Å². The molecule has 0 spiro atoms. The molecule has 0 aliphatic carbocycles. The summed E-state index contributed by atoms with van der Waals surface area (Å²) >= 11 is 0. The summed E-state index contributed by atoms with van der Waals surface area (Å²) in [5.74, 6) is 0. The first-order valence-corrected chi connectivity index (χ1v) is 4.86. The van der Waals surface area contributed by atoms with Crippen molar-refractivity contribution in [2.75, 3.05) is 0 Å². The van der Waals surface area contributed by atoms with E-state index in [4.69, 9.17) is 0 Å². The quantitative estimate of drug-likeness (QED) is 0.711. The zero-order chi connectivity index (χ0) is 10.5. The molecule has 1 heteroatoms. The molecule has 2 rings (SSSR count). The molecular weight excluding hydrogens is 182 g/mol. The van der Waals surface area contributed by atoms with Crippen molar-refractivity contribution in [3.8, 4) is 11.1 Å². The zero-order valence-corrected chi connectivity index (χ0v) is 8.43. The Bertz CT molecular complexity index is 458. The van der Waals surface area contributed by atoms with Crippen LogP contribution >= 0.6 is 0 Å². The molecule has 0 N–H and O–H groups in total. The monoisotopic (exact) mass is 194 g/mol. The average Bonchev–Trinajstić information content (AvgIpc) is 2.31. The molecule has 1 aromatic carbocycles. The fourth-order valence-corrected chi connectivity index (χ4v) is 1.49. The van der Waals surface area contributed by atoms with Gasteiger partial charge in [-0.15, -0.1) is 0 Å². The Balaban J connectivity index is 2.41. The van der Waals surface area contributed by atoms with Crippen LogP contribution in [-0.4, -0.2) is 4.98 Å². The minimum Gasteiger partial charge on any atom is -0.264 e. The van der Waals surface area contributed by atoms with Crippen LogP contribution in [0.25, 0.3) is 17.2 Å². The molecule has 0 fully saturated rings. The first-order chi connectivity index (χ1) is 7.40. The molecule has 0 bridgehead atoms. The van der Waals surface area contributed by atoms with Gasteiger partial charge in [0.05, 0.1) is 0 Å². The number of pyridine rings is 1. The molecule has 73 valence electrons. The van der Waals surface area contributed by atoms with Gasteiger partial charge in [-0.05, 0) is 30.2 Å². The van der Waals surface area contributed by atoms with Gasteiger partial charge < -0.3 is 0 Å². The van der Waals surface area contributed by atoms with E-state index in [0.29, 0.717) is 0 Å². The molecule has 1 aromatic heterocycles. The summed E-state index contributed by atoms with van der Waals surface area (Å²) < 4.78 is 0. The van der Waals surface area contributed by atoms with E-state index in [1.807, 2.05) is 24.4 Å². The summed E-state index contributed by atoms with van der Waals surface area (Å²) in [4.78, 5) is 4.11. The highest BCUT2D eigenvalue weighted by atomic mass is 14.6. The van der Waals surface area contributed by atoms with Crippen molar-refractivity contribution in [2.45, 2.75) is 0 Å². The highest BCUT2D eigenvalue weighted by Crippen LogP contribution is 2.19.